The van der Waals surface area contributed by atoms with Crippen molar-refractivity contribution < 1.29 is 13.2 Å². The third-order valence-electron chi connectivity index (χ3n) is 5.62. The number of hydrogen-bond acceptors (Lipinski definition) is 3. The summed E-state index contributed by atoms with van der Waals surface area (Å²) in [6.07, 6.45) is 0.699. The number of anilines is 1. The molecule has 32 heavy (non-hydrogen) atoms. The lowest BCUT2D eigenvalue weighted by molar-refractivity contribution is -0.120. The minimum absolute atomic E-state index is 0.148. The normalized spacial score (nSPS) is 12.2. The first-order valence-corrected chi connectivity index (χ1v) is 12.2. The van der Waals surface area contributed by atoms with Crippen LogP contribution in [0.2, 0.25) is 0 Å². The van der Waals surface area contributed by atoms with Gasteiger partial charge in [0.15, 0.2) is 0 Å². The first-order valence-electron chi connectivity index (χ1n) is 10.7. The predicted molar refractivity (Wildman–Crippen MR) is 129 cm³/mol. The molecule has 1 N–H and O–H groups in total. The molecule has 1 unspecified atom stereocenters. The Morgan fingerprint density at radius 1 is 0.906 bits per heavy atom. The monoisotopic (exact) mass is 450 g/mol. The first kappa shape index (κ1) is 23.5. The number of nitrogens with zero attached hydrogens (tertiary/aromatic N) is 1. The van der Waals surface area contributed by atoms with Gasteiger partial charge in [0.2, 0.25) is 5.91 Å². The van der Waals surface area contributed by atoms with Gasteiger partial charge in [-0.15, -0.1) is 0 Å². The van der Waals surface area contributed by atoms with Gasteiger partial charge in [-0.1, -0.05) is 61.0 Å². The molecule has 3 aromatic rings. The van der Waals surface area contributed by atoms with Crippen molar-refractivity contribution in [3.05, 3.63) is 95.1 Å². The number of carbonyl (C=O) groups excluding carboxylic acids is 1. The van der Waals surface area contributed by atoms with Crippen molar-refractivity contribution in [3.63, 3.8) is 0 Å². The molecule has 0 aliphatic heterocycles. The van der Waals surface area contributed by atoms with Crippen LogP contribution in [-0.4, -0.2) is 20.9 Å². The summed E-state index contributed by atoms with van der Waals surface area (Å²) < 4.78 is 28.0. The van der Waals surface area contributed by atoms with Crippen molar-refractivity contribution in [2.75, 3.05) is 10.8 Å². The van der Waals surface area contributed by atoms with Crippen molar-refractivity contribution in [2.24, 2.45) is 0 Å². The van der Waals surface area contributed by atoms with Crippen LogP contribution < -0.4 is 9.62 Å². The van der Waals surface area contributed by atoms with E-state index in [0.717, 1.165) is 16.7 Å². The maximum Gasteiger partial charge on any atom is 0.264 e. The molecule has 0 spiro atoms. The van der Waals surface area contributed by atoms with Crippen LogP contribution in [0.1, 0.15) is 41.6 Å². The second-order valence-electron chi connectivity index (χ2n) is 8.03. The van der Waals surface area contributed by atoms with Gasteiger partial charge >= 0.3 is 0 Å². The van der Waals surface area contributed by atoms with Gasteiger partial charge < -0.3 is 5.32 Å². The van der Waals surface area contributed by atoms with Crippen molar-refractivity contribution in [1.82, 2.24) is 5.32 Å². The third-order valence-corrected chi connectivity index (χ3v) is 7.41. The lowest BCUT2D eigenvalue weighted by Gasteiger charge is -2.26. The third kappa shape index (κ3) is 5.37. The van der Waals surface area contributed by atoms with Crippen LogP contribution >= 0.6 is 0 Å². The second-order valence-corrected chi connectivity index (χ2v) is 9.89. The van der Waals surface area contributed by atoms with Gasteiger partial charge in [-0.05, 0) is 68.1 Å². The zero-order valence-electron chi connectivity index (χ0n) is 19.0. The molecule has 0 bridgehead atoms. The van der Waals surface area contributed by atoms with Crippen LogP contribution in [0, 0.1) is 20.8 Å². The average Bonchev–Trinajstić information content (AvgIpc) is 2.79. The second kappa shape index (κ2) is 10.0. The van der Waals surface area contributed by atoms with Crippen LogP contribution in [0.5, 0.6) is 0 Å². The number of hydrogen-bond donors (Lipinski definition) is 1. The fourth-order valence-corrected chi connectivity index (χ4v) is 4.96. The van der Waals surface area contributed by atoms with Crippen molar-refractivity contribution in [2.45, 2.75) is 45.1 Å². The highest BCUT2D eigenvalue weighted by Crippen LogP contribution is 2.25. The Morgan fingerprint density at radius 3 is 2.16 bits per heavy atom. The lowest BCUT2D eigenvalue weighted by atomic mass is 9.99. The molecule has 0 aliphatic carbocycles. The standard InChI is InChI=1S/C26H30N2O3S/c1-5-25(22-14-13-20(3)21(4)17-22)27-26(29)18-28(23-15-11-19(2)12-16-23)32(30,31)24-9-7-6-8-10-24/h6-17,25H,5,18H2,1-4H3,(H,27,29). The summed E-state index contributed by atoms with van der Waals surface area (Å²) in [4.78, 5) is 13.2. The lowest BCUT2D eigenvalue weighted by Crippen LogP contribution is -2.42. The smallest absolute Gasteiger partial charge is 0.264 e. The van der Waals surface area contributed by atoms with Gasteiger partial charge in [-0.3, -0.25) is 9.10 Å². The van der Waals surface area contributed by atoms with Crippen molar-refractivity contribution in [3.8, 4) is 0 Å². The van der Waals surface area contributed by atoms with E-state index in [0.29, 0.717) is 12.1 Å². The van der Waals surface area contributed by atoms with E-state index in [2.05, 4.69) is 11.4 Å². The highest BCUT2D eigenvalue weighted by molar-refractivity contribution is 7.92. The predicted octanol–water partition coefficient (Wildman–Crippen LogP) is 5.07. The van der Waals surface area contributed by atoms with Crippen LogP contribution in [0.15, 0.2) is 77.7 Å². The molecule has 0 saturated carbocycles. The number of sulfonamides is 1. The maximum absolute atomic E-state index is 13.4. The van der Waals surface area contributed by atoms with Gasteiger partial charge in [0.25, 0.3) is 10.0 Å². The van der Waals surface area contributed by atoms with Crippen LogP contribution in [-0.2, 0) is 14.8 Å². The Bertz CT molecular complexity index is 1170. The largest absolute Gasteiger partial charge is 0.348 e. The molecule has 1 amide bonds. The zero-order chi connectivity index (χ0) is 23.3. The van der Waals surface area contributed by atoms with E-state index in [1.54, 1.807) is 42.5 Å². The fraction of sp³-hybridized carbons (Fsp3) is 0.269. The summed E-state index contributed by atoms with van der Waals surface area (Å²) in [5, 5.41) is 3.02. The van der Waals surface area contributed by atoms with E-state index < -0.39 is 10.0 Å². The quantitative estimate of drug-likeness (QED) is 0.521. The van der Waals surface area contributed by atoms with Crippen LogP contribution in [0.3, 0.4) is 0 Å². The number of rotatable bonds is 8. The summed E-state index contributed by atoms with van der Waals surface area (Å²) in [6.45, 7) is 7.72. The molecule has 0 fully saturated rings. The summed E-state index contributed by atoms with van der Waals surface area (Å²) in [5.74, 6) is -0.352. The molecule has 3 aromatic carbocycles. The summed E-state index contributed by atoms with van der Waals surface area (Å²) >= 11 is 0. The first-order chi connectivity index (χ1) is 15.2. The Morgan fingerprint density at radius 2 is 1.56 bits per heavy atom. The number of benzene rings is 3. The molecule has 0 radical (unpaired) electrons. The molecule has 1 atom stereocenters. The van der Waals surface area contributed by atoms with Gasteiger partial charge in [-0.25, -0.2) is 8.42 Å². The van der Waals surface area contributed by atoms with E-state index in [4.69, 9.17) is 0 Å². The van der Waals surface area contributed by atoms with Crippen molar-refractivity contribution in [1.29, 1.82) is 0 Å². The molecule has 6 heteroatoms. The molecule has 0 heterocycles. The zero-order valence-corrected chi connectivity index (χ0v) is 19.8. The summed E-state index contributed by atoms with van der Waals surface area (Å²) in [5.41, 5.74) is 4.82. The molecule has 0 aromatic heterocycles. The molecular formula is C26H30N2O3S. The van der Waals surface area contributed by atoms with Gasteiger partial charge in [0.05, 0.1) is 16.6 Å². The highest BCUT2D eigenvalue weighted by Gasteiger charge is 2.27. The van der Waals surface area contributed by atoms with Crippen LogP contribution in [0.4, 0.5) is 5.69 Å². The number of carbonyl (C=O) groups is 1. The van der Waals surface area contributed by atoms with E-state index in [9.17, 15) is 13.2 Å². The van der Waals surface area contributed by atoms with Gasteiger partial charge in [-0.2, -0.15) is 0 Å². The fourth-order valence-electron chi connectivity index (χ4n) is 3.52. The number of aryl methyl sites for hydroxylation is 3. The Balaban J connectivity index is 1.89. The average molecular weight is 451 g/mol. The van der Waals surface area contributed by atoms with E-state index >= 15 is 0 Å². The Hall–Kier alpha value is -3.12. The number of nitrogens with one attached hydrogen (secondary N) is 1. The molecule has 0 saturated heterocycles. The van der Waals surface area contributed by atoms with Gasteiger partial charge in [0.1, 0.15) is 6.54 Å². The van der Waals surface area contributed by atoms with E-state index in [1.165, 1.54) is 9.87 Å². The Labute approximate surface area is 191 Å². The molecule has 5 nitrogen and oxygen atoms in total. The summed E-state index contributed by atoms with van der Waals surface area (Å²) in [6, 6.07) is 21.2. The van der Waals surface area contributed by atoms with Crippen LogP contribution in [0.25, 0.3) is 0 Å². The van der Waals surface area contributed by atoms with E-state index in [1.807, 2.05) is 52.0 Å². The van der Waals surface area contributed by atoms with Gasteiger partial charge in [0, 0.05) is 0 Å². The summed E-state index contributed by atoms with van der Waals surface area (Å²) in [7, 11) is -3.91. The number of amides is 1. The van der Waals surface area contributed by atoms with E-state index in [-0.39, 0.29) is 23.4 Å². The maximum atomic E-state index is 13.4. The molecular weight excluding hydrogens is 420 g/mol. The molecule has 3 rings (SSSR count). The molecule has 168 valence electrons. The van der Waals surface area contributed by atoms with Crippen molar-refractivity contribution >= 4 is 21.6 Å². The molecule has 0 aliphatic rings. The topological polar surface area (TPSA) is 66.5 Å². The minimum atomic E-state index is -3.91. The SMILES string of the molecule is CCC(NC(=O)CN(c1ccc(C)cc1)S(=O)(=O)c1ccccc1)c1ccc(C)c(C)c1. The highest BCUT2D eigenvalue weighted by atomic mass is 32.2. The Kier molecular flexibility index (Phi) is 7.36. The minimum Gasteiger partial charge on any atom is -0.348 e.